The molecule has 0 bridgehead atoms. The quantitative estimate of drug-likeness (QED) is 0.792. The molecule has 0 radical (unpaired) electrons. The fraction of sp³-hybridized carbons (Fsp3) is 0.429. The number of ether oxygens (including phenoxy) is 2. The monoisotopic (exact) mass is 357 g/mol. The molecule has 140 valence electrons. The Morgan fingerprint density at radius 1 is 1.19 bits per heavy atom. The van der Waals surface area contributed by atoms with E-state index in [9.17, 15) is 9.90 Å². The second-order valence-electron chi connectivity index (χ2n) is 7.12. The normalized spacial score (nSPS) is 11.3. The van der Waals surface area contributed by atoms with Gasteiger partial charge in [0.2, 0.25) is 5.88 Å². The van der Waals surface area contributed by atoms with Crippen LogP contribution in [0.4, 0.5) is 0 Å². The lowest BCUT2D eigenvalue weighted by atomic mass is 9.95. The number of methoxy groups -OCH3 is 1. The lowest BCUT2D eigenvalue weighted by Gasteiger charge is -2.18. The Bertz CT molecular complexity index is 806. The minimum absolute atomic E-state index is 0.349. The number of aromatic nitrogens is 1. The molecule has 26 heavy (non-hydrogen) atoms. The fourth-order valence-electron chi connectivity index (χ4n) is 2.76. The highest BCUT2D eigenvalue weighted by Crippen LogP contribution is 2.31. The molecule has 5 nitrogen and oxygen atoms in total. The van der Waals surface area contributed by atoms with Gasteiger partial charge in [0.25, 0.3) is 0 Å². The third-order valence-corrected chi connectivity index (χ3v) is 4.34. The summed E-state index contributed by atoms with van der Waals surface area (Å²) in [6.45, 7) is 9.66. The number of rotatable bonds is 6. The van der Waals surface area contributed by atoms with Crippen molar-refractivity contribution in [1.82, 2.24) is 4.98 Å². The highest BCUT2D eigenvalue weighted by molar-refractivity contribution is 5.93. The largest absolute Gasteiger partial charge is 0.477 e. The van der Waals surface area contributed by atoms with Gasteiger partial charge in [0.05, 0.1) is 24.9 Å². The average Bonchev–Trinajstić information content (AvgIpc) is 2.56. The van der Waals surface area contributed by atoms with Crippen molar-refractivity contribution in [2.24, 2.45) is 0 Å². The third kappa shape index (κ3) is 4.61. The molecular weight excluding hydrogens is 330 g/mol. The maximum Gasteiger partial charge on any atom is 0.338 e. The Hall–Kier alpha value is -2.40. The van der Waals surface area contributed by atoms with Gasteiger partial charge in [-0.05, 0) is 57.9 Å². The number of hydrogen-bond donors (Lipinski definition) is 1. The van der Waals surface area contributed by atoms with Crippen LogP contribution in [-0.2, 0) is 4.74 Å². The summed E-state index contributed by atoms with van der Waals surface area (Å²) in [5.41, 5.74) is 4.27. The molecule has 0 spiro atoms. The van der Waals surface area contributed by atoms with Crippen molar-refractivity contribution >= 4 is 5.97 Å². The van der Waals surface area contributed by atoms with E-state index in [1.807, 2.05) is 39.0 Å². The predicted molar refractivity (Wildman–Crippen MR) is 102 cm³/mol. The summed E-state index contributed by atoms with van der Waals surface area (Å²) < 4.78 is 10.6. The number of carbonyl (C=O) groups is 1. The molecule has 1 aromatic heterocycles. The fourth-order valence-corrected chi connectivity index (χ4v) is 2.76. The van der Waals surface area contributed by atoms with Crippen molar-refractivity contribution in [2.45, 2.75) is 46.6 Å². The van der Waals surface area contributed by atoms with Gasteiger partial charge in [0.15, 0.2) is 0 Å². The summed E-state index contributed by atoms with van der Waals surface area (Å²) in [7, 11) is 1.38. The van der Waals surface area contributed by atoms with E-state index >= 15 is 0 Å². The van der Waals surface area contributed by atoms with Crippen LogP contribution >= 0.6 is 0 Å². The van der Waals surface area contributed by atoms with E-state index in [1.54, 1.807) is 19.9 Å². The van der Waals surface area contributed by atoms with Gasteiger partial charge in [-0.15, -0.1) is 0 Å². The summed E-state index contributed by atoms with van der Waals surface area (Å²) in [5.74, 6) is 0.218. The van der Waals surface area contributed by atoms with E-state index in [2.05, 4.69) is 4.98 Å². The molecule has 1 aromatic carbocycles. The highest BCUT2D eigenvalue weighted by Gasteiger charge is 2.17. The molecule has 0 saturated carbocycles. The second-order valence-corrected chi connectivity index (χ2v) is 7.12. The van der Waals surface area contributed by atoms with Crippen LogP contribution in [0.1, 0.15) is 47.4 Å². The Balaban J connectivity index is 2.35. The van der Waals surface area contributed by atoms with Crippen molar-refractivity contribution in [3.8, 4) is 17.0 Å². The van der Waals surface area contributed by atoms with Crippen molar-refractivity contribution in [3.63, 3.8) is 0 Å². The van der Waals surface area contributed by atoms with Gasteiger partial charge in [-0.3, -0.25) is 0 Å². The number of carbonyl (C=O) groups excluding carboxylic acids is 1. The van der Waals surface area contributed by atoms with Gasteiger partial charge in [-0.2, -0.15) is 0 Å². The van der Waals surface area contributed by atoms with Crippen LogP contribution in [0.25, 0.3) is 11.1 Å². The van der Waals surface area contributed by atoms with Crippen LogP contribution in [0.5, 0.6) is 5.88 Å². The molecule has 2 aromatic rings. The number of aliphatic hydroxyl groups is 1. The first-order valence-corrected chi connectivity index (χ1v) is 8.66. The van der Waals surface area contributed by atoms with Crippen molar-refractivity contribution in [3.05, 3.63) is 46.6 Å². The Morgan fingerprint density at radius 3 is 2.50 bits per heavy atom. The molecule has 0 fully saturated rings. The third-order valence-electron chi connectivity index (χ3n) is 4.34. The van der Waals surface area contributed by atoms with Crippen LogP contribution in [0.2, 0.25) is 0 Å². The minimum Gasteiger partial charge on any atom is -0.477 e. The van der Waals surface area contributed by atoms with E-state index in [0.717, 1.165) is 27.9 Å². The zero-order valence-electron chi connectivity index (χ0n) is 16.3. The number of pyridine rings is 1. The maximum absolute atomic E-state index is 11.9. The Morgan fingerprint density at radius 2 is 1.88 bits per heavy atom. The molecule has 0 aliphatic heterocycles. The smallest absolute Gasteiger partial charge is 0.338 e. The van der Waals surface area contributed by atoms with Crippen LogP contribution < -0.4 is 4.74 Å². The first-order valence-electron chi connectivity index (χ1n) is 8.66. The second kappa shape index (κ2) is 7.87. The minimum atomic E-state index is -0.770. The zero-order valence-corrected chi connectivity index (χ0v) is 16.3. The van der Waals surface area contributed by atoms with Gasteiger partial charge in [0.1, 0.15) is 0 Å². The van der Waals surface area contributed by atoms with E-state index in [1.165, 1.54) is 7.11 Å². The molecule has 0 aliphatic rings. The Kier molecular flexibility index (Phi) is 6.03. The topological polar surface area (TPSA) is 68.7 Å². The van der Waals surface area contributed by atoms with Crippen molar-refractivity contribution in [1.29, 1.82) is 0 Å². The lowest BCUT2D eigenvalue weighted by Crippen LogP contribution is -2.22. The van der Waals surface area contributed by atoms with Crippen LogP contribution in [0.15, 0.2) is 24.3 Å². The van der Waals surface area contributed by atoms with Crippen LogP contribution in [0.3, 0.4) is 0 Å². The molecule has 0 unspecified atom stereocenters. The lowest BCUT2D eigenvalue weighted by molar-refractivity contribution is 0.0544. The molecule has 0 saturated heterocycles. The summed E-state index contributed by atoms with van der Waals surface area (Å²) in [6.07, 6.45) is 0.523. The number of benzene rings is 1. The van der Waals surface area contributed by atoms with Gasteiger partial charge in [0, 0.05) is 23.2 Å². The summed E-state index contributed by atoms with van der Waals surface area (Å²) >= 11 is 0. The molecular formula is C21H27NO4. The van der Waals surface area contributed by atoms with E-state index in [4.69, 9.17) is 9.47 Å². The predicted octanol–water partition coefficient (Wildman–Crippen LogP) is 4.00. The molecule has 1 heterocycles. The van der Waals surface area contributed by atoms with Gasteiger partial charge in [-0.25, -0.2) is 9.78 Å². The first kappa shape index (κ1) is 19.9. The van der Waals surface area contributed by atoms with Crippen LogP contribution in [0, 0.1) is 20.8 Å². The Labute approximate surface area is 155 Å². The molecule has 0 aliphatic carbocycles. The van der Waals surface area contributed by atoms with E-state index < -0.39 is 5.60 Å². The van der Waals surface area contributed by atoms with E-state index in [0.29, 0.717) is 24.5 Å². The van der Waals surface area contributed by atoms with Gasteiger partial charge >= 0.3 is 5.97 Å². The number of aryl methyl sites for hydroxylation is 2. The number of esters is 1. The number of nitrogens with zero attached hydrogens (tertiary/aromatic N) is 1. The van der Waals surface area contributed by atoms with Gasteiger partial charge < -0.3 is 14.6 Å². The standard InChI is InChI=1S/C21H27NO4/c1-13-12-18(15(3)22-19(13)26-11-10-21(4,5)24)16-8-7-9-17(14(16)2)20(23)25-6/h7-9,12,24H,10-11H2,1-6H3. The first-order chi connectivity index (χ1) is 12.1. The highest BCUT2D eigenvalue weighted by atomic mass is 16.5. The molecule has 5 heteroatoms. The molecule has 0 amide bonds. The molecule has 0 atom stereocenters. The molecule has 1 N–H and O–H groups in total. The maximum atomic E-state index is 11.9. The number of hydrogen-bond acceptors (Lipinski definition) is 5. The molecule has 2 rings (SSSR count). The summed E-state index contributed by atoms with van der Waals surface area (Å²) in [4.78, 5) is 16.5. The average molecular weight is 357 g/mol. The summed E-state index contributed by atoms with van der Waals surface area (Å²) in [6, 6.07) is 7.59. The SMILES string of the molecule is COC(=O)c1cccc(-c2cc(C)c(OCCC(C)(C)O)nc2C)c1C. The van der Waals surface area contributed by atoms with Gasteiger partial charge in [-0.1, -0.05) is 12.1 Å². The summed E-state index contributed by atoms with van der Waals surface area (Å²) in [5, 5.41) is 9.80. The van der Waals surface area contributed by atoms with Crippen LogP contribution in [-0.4, -0.2) is 35.4 Å². The van der Waals surface area contributed by atoms with E-state index in [-0.39, 0.29) is 5.97 Å². The van der Waals surface area contributed by atoms with Crippen molar-refractivity contribution in [2.75, 3.05) is 13.7 Å². The van der Waals surface area contributed by atoms with Crippen molar-refractivity contribution < 1.29 is 19.4 Å². The zero-order chi connectivity index (χ0) is 19.5.